The minimum atomic E-state index is -4.80. The van der Waals surface area contributed by atoms with Crippen molar-refractivity contribution in [1.29, 1.82) is 0 Å². The Morgan fingerprint density at radius 1 is 0.897 bits per heavy atom. The zero-order valence-electron chi connectivity index (χ0n) is 22.0. The molecule has 0 aromatic heterocycles. The Labute approximate surface area is 227 Å². The summed E-state index contributed by atoms with van der Waals surface area (Å²) in [5, 5.41) is 0. The van der Waals surface area contributed by atoms with E-state index in [4.69, 9.17) is 0 Å². The number of hydrogen-bond acceptors (Lipinski definition) is 3. The number of halogens is 4. The number of hydrogen-bond donors (Lipinski definition) is 0. The molecule has 39 heavy (non-hydrogen) atoms. The molecule has 0 aliphatic carbocycles. The largest absolute Gasteiger partial charge is 0.417 e. The van der Waals surface area contributed by atoms with Gasteiger partial charge in [0.25, 0.3) is 0 Å². The van der Waals surface area contributed by atoms with Crippen molar-refractivity contribution < 1.29 is 26.0 Å². The van der Waals surface area contributed by atoms with E-state index in [0.717, 1.165) is 28.8 Å². The van der Waals surface area contributed by atoms with Crippen LogP contribution in [0.2, 0.25) is 0 Å². The first-order valence-electron chi connectivity index (χ1n) is 13.2. The summed E-state index contributed by atoms with van der Waals surface area (Å²) in [4.78, 5) is 1.25. The quantitative estimate of drug-likeness (QED) is 0.331. The van der Waals surface area contributed by atoms with Gasteiger partial charge in [0.15, 0.2) is 0 Å². The van der Waals surface area contributed by atoms with E-state index in [1.165, 1.54) is 27.6 Å². The molecule has 2 aliphatic rings. The van der Waals surface area contributed by atoms with E-state index in [1.807, 2.05) is 35.2 Å². The second-order valence-corrected chi connectivity index (χ2v) is 12.4. The molecular formula is C30H32F4N2O2S. The standard InChI is InChI=1S/C30H32F4N2O2S/c1-20-8-7-9-24(21(20)2)22-12-14-23(15-13-22)29-26(18-31)36-17-6-5-16-35(19-27(29)36)39(37,38)28-11-4-3-10-25(28)30(32,33)34/h3-4,7-15,26-27,29H,5-6,16-19H2,1-2H3/t26-,27?,29-/m1/s1. The minimum Gasteiger partial charge on any atom is -0.292 e. The van der Waals surface area contributed by atoms with Gasteiger partial charge in [-0.05, 0) is 73.2 Å². The maximum atomic E-state index is 14.3. The zero-order valence-corrected chi connectivity index (χ0v) is 22.8. The Morgan fingerprint density at radius 3 is 2.28 bits per heavy atom. The number of fused-ring (bicyclic) bond motifs is 1. The molecule has 0 saturated carbocycles. The first-order valence-corrected chi connectivity index (χ1v) is 14.6. The summed E-state index contributed by atoms with van der Waals surface area (Å²) in [5.74, 6) is -0.267. The van der Waals surface area contributed by atoms with Gasteiger partial charge in [0.2, 0.25) is 10.0 Å². The van der Waals surface area contributed by atoms with Gasteiger partial charge in [-0.2, -0.15) is 17.5 Å². The summed E-state index contributed by atoms with van der Waals surface area (Å²) in [6.07, 6.45) is -3.67. The molecule has 2 aliphatic heterocycles. The molecule has 3 atom stereocenters. The molecule has 0 radical (unpaired) electrons. The molecule has 0 amide bonds. The van der Waals surface area contributed by atoms with Gasteiger partial charge < -0.3 is 0 Å². The number of nitrogens with zero attached hydrogens (tertiary/aromatic N) is 2. The first kappa shape index (κ1) is 27.8. The van der Waals surface area contributed by atoms with E-state index in [-0.39, 0.29) is 25.0 Å². The normalized spacial score (nSPS) is 23.0. The molecule has 0 N–H and O–H groups in total. The lowest BCUT2D eigenvalue weighted by atomic mass is 9.74. The summed E-state index contributed by atoms with van der Waals surface area (Å²) < 4.78 is 83.7. The van der Waals surface area contributed by atoms with Gasteiger partial charge in [0.1, 0.15) is 6.67 Å². The molecule has 2 heterocycles. The van der Waals surface area contributed by atoms with Crippen molar-refractivity contribution in [3.8, 4) is 11.1 Å². The fraction of sp³-hybridized carbons (Fsp3) is 0.400. The van der Waals surface area contributed by atoms with E-state index in [9.17, 15) is 26.0 Å². The number of sulfonamides is 1. The van der Waals surface area contributed by atoms with Gasteiger partial charge in [-0.25, -0.2) is 12.8 Å². The number of benzene rings is 3. The van der Waals surface area contributed by atoms with Gasteiger partial charge in [0, 0.05) is 31.1 Å². The first-order chi connectivity index (χ1) is 18.5. The third-order valence-electron chi connectivity index (χ3n) is 8.33. The van der Waals surface area contributed by atoms with Crippen molar-refractivity contribution in [3.05, 3.63) is 89.0 Å². The molecule has 208 valence electrons. The van der Waals surface area contributed by atoms with Crippen molar-refractivity contribution in [2.45, 2.75) is 55.8 Å². The monoisotopic (exact) mass is 560 g/mol. The van der Waals surface area contributed by atoms with Crippen molar-refractivity contribution in [2.24, 2.45) is 0 Å². The minimum absolute atomic E-state index is 0.00836. The lowest BCUT2D eigenvalue weighted by Crippen LogP contribution is -2.67. The predicted octanol–water partition coefficient (Wildman–Crippen LogP) is 6.58. The van der Waals surface area contributed by atoms with E-state index < -0.39 is 39.4 Å². The van der Waals surface area contributed by atoms with Crippen molar-refractivity contribution in [1.82, 2.24) is 9.21 Å². The Kier molecular flexibility index (Phi) is 7.61. The highest BCUT2D eigenvalue weighted by molar-refractivity contribution is 7.89. The van der Waals surface area contributed by atoms with Crippen molar-refractivity contribution in [3.63, 3.8) is 0 Å². The maximum Gasteiger partial charge on any atom is 0.417 e. The Hall–Kier alpha value is -2.75. The maximum absolute atomic E-state index is 14.3. The second kappa shape index (κ2) is 10.7. The molecule has 4 nitrogen and oxygen atoms in total. The van der Waals surface area contributed by atoms with Gasteiger partial charge in [0.05, 0.1) is 10.5 Å². The third-order valence-corrected chi connectivity index (χ3v) is 10.2. The lowest BCUT2D eigenvalue weighted by molar-refractivity contribution is -0.139. The fourth-order valence-corrected chi connectivity index (χ4v) is 7.82. The van der Waals surface area contributed by atoms with Crippen LogP contribution in [0.15, 0.2) is 71.6 Å². The fourth-order valence-electron chi connectivity index (χ4n) is 6.11. The highest BCUT2D eigenvalue weighted by Gasteiger charge is 2.51. The van der Waals surface area contributed by atoms with Crippen LogP contribution in [-0.2, 0) is 16.2 Å². The van der Waals surface area contributed by atoms with Crippen LogP contribution >= 0.6 is 0 Å². The van der Waals surface area contributed by atoms with Crippen LogP contribution in [0, 0.1) is 13.8 Å². The molecule has 3 aromatic rings. The van der Waals surface area contributed by atoms with Crippen molar-refractivity contribution in [2.75, 3.05) is 26.3 Å². The van der Waals surface area contributed by atoms with Crippen LogP contribution < -0.4 is 0 Å². The molecule has 0 spiro atoms. The lowest BCUT2D eigenvalue weighted by Gasteiger charge is -2.56. The van der Waals surface area contributed by atoms with Crippen LogP contribution in [0.5, 0.6) is 0 Å². The Morgan fingerprint density at radius 2 is 1.59 bits per heavy atom. The van der Waals surface area contributed by atoms with Gasteiger partial charge in [-0.3, -0.25) is 4.90 Å². The number of alkyl halides is 4. The average Bonchev–Trinajstić information content (AvgIpc) is 2.89. The molecule has 1 unspecified atom stereocenters. The number of aryl methyl sites for hydroxylation is 1. The van der Waals surface area contributed by atoms with Crippen LogP contribution in [0.25, 0.3) is 11.1 Å². The molecule has 5 rings (SSSR count). The molecule has 9 heteroatoms. The highest BCUT2D eigenvalue weighted by atomic mass is 32.2. The summed E-state index contributed by atoms with van der Waals surface area (Å²) >= 11 is 0. The van der Waals surface area contributed by atoms with Crippen LogP contribution in [0.1, 0.15) is 41.0 Å². The summed E-state index contributed by atoms with van der Waals surface area (Å²) in [6, 6.07) is 17.7. The number of rotatable bonds is 5. The summed E-state index contributed by atoms with van der Waals surface area (Å²) in [5.41, 5.74) is 4.26. The molecular weight excluding hydrogens is 528 g/mol. The van der Waals surface area contributed by atoms with E-state index >= 15 is 0 Å². The van der Waals surface area contributed by atoms with Gasteiger partial charge >= 0.3 is 6.18 Å². The Balaban J connectivity index is 1.46. The second-order valence-electron chi connectivity index (χ2n) is 10.5. The molecule has 2 saturated heterocycles. The van der Waals surface area contributed by atoms with Crippen LogP contribution in [0.4, 0.5) is 17.6 Å². The Bertz CT molecular complexity index is 1440. The van der Waals surface area contributed by atoms with Crippen molar-refractivity contribution >= 4 is 10.0 Å². The third kappa shape index (κ3) is 5.12. The zero-order chi connectivity index (χ0) is 27.9. The smallest absolute Gasteiger partial charge is 0.292 e. The van der Waals surface area contributed by atoms with Gasteiger partial charge in [-0.1, -0.05) is 54.6 Å². The molecule has 3 aromatic carbocycles. The van der Waals surface area contributed by atoms with Crippen LogP contribution in [-0.4, -0.2) is 56.0 Å². The SMILES string of the molecule is Cc1cccc(-c2ccc([C@H]3C4CN(S(=O)(=O)c5ccccc5C(F)(F)F)CCCCN4[C@@H]3CF)cc2)c1C. The summed E-state index contributed by atoms with van der Waals surface area (Å²) in [6.45, 7) is 4.31. The van der Waals surface area contributed by atoms with Gasteiger partial charge in [-0.15, -0.1) is 0 Å². The molecule has 2 fully saturated rings. The highest BCUT2D eigenvalue weighted by Crippen LogP contribution is 2.44. The van der Waals surface area contributed by atoms with Crippen LogP contribution in [0.3, 0.4) is 0 Å². The predicted molar refractivity (Wildman–Crippen MR) is 144 cm³/mol. The summed E-state index contributed by atoms with van der Waals surface area (Å²) in [7, 11) is -4.43. The average molecular weight is 561 g/mol. The van der Waals surface area contributed by atoms with E-state index in [2.05, 4.69) is 26.0 Å². The van der Waals surface area contributed by atoms with E-state index in [1.54, 1.807) is 0 Å². The molecule has 0 bridgehead atoms. The van der Waals surface area contributed by atoms with E-state index in [0.29, 0.717) is 19.4 Å². The topological polar surface area (TPSA) is 40.6 Å².